The first kappa shape index (κ1) is 17.8. The van der Waals surface area contributed by atoms with E-state index in [2.05, 4.69) is 15.5 Å². The Labute approximate surface area is 158 Å². The van der Waals surface area contributed by atoms with Gasteiger partial charge >= 0.3 is 0 Å². The topological polar surface area (TPSA) is 68.0 Å². The lowest BCUT2D eigenvalue weighted by atomic mass is 10.2. The van der Waals surface area contributed by atoms with Gasteiger partial charge in [-0.15, -0.1) is 10.2 Å². The van der Waals surface area contributed by atoms with Crippen molar-refractivity contribution in [2.24, 2.45) is 0 Å². The summed E-state index contributed by atoms with van der Waals surface area (Å²) in [6.07, 6.45) is 0. The maximum absolute atomic E-state index is 12.3. The minimum atomic E-state index is -0.441. The number of thioether (sulfide) groups is 1. The Kier molecular flexibility index (Phi) is 5.63. The fraction of sp³-hybridized carbons (Fsp3) is 0.118. The van der Waals surface area contributed by atoms with E-state index >= 15 is 0 Å². The molecule has 1 atom stereocenters. The average molecular weight is 394 g/mol. The van der Waals surface area contributed by atoms with Crippen LogP contribution in [0.25, 0.3) is 11.5 Å². The summed E-state index contributed by atoms with van der Waals surface area (Å²) >= 11 is 13.2. The van der Waals surface area contributed by atoms with Crippen LogP contribution in [0.1, 0.15) is 6.92 Å². The highest BCUT2D eigenvalue weighted by atomic mass is 35.5. The van der Waals surface area contributed by atoms with Crippen LogP contribution in [0.4, 0.5) is 5.69 Å². The van der Waals surface area contributed by atoms with Gasteiger partial charge in [-0.3, -0.25) is 4.79 Å². The van der Waals surface area contributed by atoms with Crippen LogP contribution in [0.3, 0.4) is 0 Å². The van der Waals surface area contributed by atoms with Gasteiger partial charge < -0.3 is 9.73 Å². The molecule has 0 fully saturated rings. The van der Waals surface area contributed by atoms with Crippen molar-refractivity contribution in [3.63, 3.8) is 0 Å². The summed E-state index contributed by atoms with van der Waals surface area (Å²) in [4.78, 5) is 12.3. The number of nitrogens with zero attached hydrogens (tertiary/aromatic N) is 2. The average Bonchev–Trinajstić information content (AvgIpc) is 3.05. The normalized spacial score (nSPS) is 12.0. The van der Waals surface area contributed by atoms with Crippen molar-refractivity contribution >= 4 is 46.6 Å². The molecule has 0 aliphatic rings. The molecule has 1 aromatic heterocycles. The molecule has 0 unspecified atom stereocenters. The van der Waals surface area contributed by atoms with Gasteiger partial charge in [0.1, 0.15) is 0 Å². The Bertz CT molecular complexity index is 901. The molecule has 3 aromatic rings. The number of rotatable bonds is 5. The standard InChI is InChI=1S/C17H13Cl2N3O2S/c1-10(15(23)20-14-8-3-2-7-13(14)19)25-17-22-21-16(24-17)11-5-4-6-12(18)9-11/h2-10H,1H3,(H,20,23)/t10-/m1/s1. The van der Waals surface area contributed by atoms with Gasteiger partial charge in [0.25, 0.3) is 5.22 Å². The molecule has 0 bridgehead atoms. The van der Waals surface area contributed by atoms with E-state index in [0.29, 0.717) is 26.8 Å². The van der Waals surface area contributed by atoms with E-state index in [-0.39, 0.29) is 5.91 Å². The van der Waals surface area contributed by atoms with E-state index in [1.165, 1.54) is 11.8 Å². The number of benzene rings is 2. The van der Waals surface area contributed by atoms with Crippen molar-refractivity contribution in [1.82, 2.24) is 10.2 Å². The van der Waals surface area contributed by atoms with E-state index in [9.17, 15) is 4.79 Å². The quantitative estimate of drug-likeness (QED) is 0.606. The van der Waals surface area contributed by atoms with Gasteiger partial charge in [-0.2, -0.15) is 0 Å². The molecule has 2 aromatic carbocycles. The van der Waals surface area contributed by atoms with Crippen molar-refractivity contribution in [2.45, 2.75) is 17.4 Å². The summed E-state index contributed by atoms with van der Waals surface area (Å²) in [5.41, 5.74) is 1.28. The number of anilines is 1. The van der Waals surface area contributed by atoms with Gasteiger partial charge in [-0.05, 0) is 37.3 Å². The predicted octanol–water partition coefficient (Wildman–Crippen LogP) is 5.16. The van der Waals surface area contributed by atoms with Gasteiger partial charge in [0.2, 0.25) is 11.8 Å². The molecule has 3 rings (SSSR count). The third kappa shape index (κ3) is 4.54. The van der Waals surface area contributed by atoms with E-state index in [4.69, 9.17) is 27.6 Å². The summed E-state index contributed by atoms with van der Waals surface area (Å²) < 4.78 is 5.60. The summed E-state index contributed by atoms with van der Waals surface area (Å²) in [7, 11) is 0. The summed E-state index contributed by atoms with van der Waals surface area (Å²) in [6, 6.07) is 14.2. The minimum absolute atomic E-state index is 0.208. The fourth-order valence-corrected chi connectivity index (χ4v) is 3.05. The maximum atomic E-state index is 12.3. The lowest BCUT2D eigenvalue weighted by molar-refractivity contribution is -0.115. The number of nitrogens with one attached hydrogen (secondary N) is 1. The summed E-state index contributed by atoms with van der Waals surface area (Å²) in [6.45, 7) is 1.75. The highest BCUT2D eigenvalue weighted by Crippen LogP contribution is 2.28. The number of hydrogen-bond donors (Lipinski definition) is 1. The second kappa shape index (κ2) is 7.91. The van der Waals surface area contributed by atoms with Crippen molar-refractivity contribution in [2.75, 3.05) is 5.32 Å². The Morgan fingerprint density at radius 3 is 2.72 bits per heavy atom. The molecule has 0 saturated carbocycles. The van der Waals surface area contributed by atoms with Crippen LogP contribution in [-0.4, -0.2) is 21.4 Å². The summed E-state index contributed by atoms with van der Waals surface area (Å²) in [5, 5.41) is 11.7. The molecule has 0 aliphatic heterocycles. The predicted molar refractivity (Wildman–Crippen MR) is 100 cm³/mol. The zero-order valence-corrected chi connectivity index (χ0v) is 15.4. The molecule has 1 heterocycles. The van der Waals surface area contributed by atoms with Gasteiger partial charge in [0.15, 0.2) is 0 Å². The molecular weight excluding hydrogens is 381 g/mol. The first-order chi connectivity index (χ1) is 12.0. The van der Waals surface area contributed by atoms with Crippen LogP contribution >= 0.6 is 35.0 Å². The number of carbonyl (C=O) groups is 1. The van der Waals surface area contributed by atoms with E-state index in [1.807, 2.05) is 6.07 Å². The molecule has 0 radical (unpaired) electrons. The van der Waals surface area contributed by atoms with Crippen LogP contribution in [0.15, 0.2) is 58.2 Å². The number of aromatic nitrogens is 2. The number of para-hydroxylation sites is 1. The molecule has 0 saturated heterocycles. The van der Waals surface area contributed by atoms with Crippen LogP contribution in [-0.2, 0) is 4.79 Å². The van der Waals surface area contributed by atoms with Crippen molar-refractivity contribution in [3.05, 3.63) is 58.6 Å². The molecule has 1 amide bonds. The maximum Gasteiger partial charge on any atom is 0.277 e. The molecule has 1 N–H and O–H groups in total. The molecule has 5 nitrogen and oxygen atoms in total. The van der Waals surface area contributed by atoms with E-state index in [0.717, 1.165) is 5.56 Å². The van der Waals surface area contributed by atoms with Gasteiger partial charge in [-0.1, -0.05) is 53.2 Å². The van der Waals surface area contributed by atoms with Gasteiger partial charge in [-0.25, -0.2) is 0 Å². The highest BCUT2D eigenvalue weighted by molar-refractivity contribution is 8.00. The van der Waals surface area contributed by atoms with E-state index in [1.54, 1.807) is 49.4 Å². The zero-order chi connectivity index (χ0) is 17.8. The number of amides is 1. The third-order valence-corrected chi connectivity index (χ3v) is 4.76. The van der Waals surface area contributed by atoms with Crippen LogP contribution in [0, 0.1) is 0 Å². The minimum Gasteiger partial charge on any atom is -0.411 e. The van der Waals surface area contributed by atoms with Crippen LogP contribution < -0.4 is 5.32 Å². The number of halogens is 2. The van der Waals surface area contributed by atoms with Gasteiger partial charge in [0, 0.05) is 10.6 Å². The third-order valence-electron chi connectivity index (χ3n) is 3.26. The Hall–Kier alpha value is -2.02. The molecule has 128 valence electrons. The molecule has 0 aliphatic carbocycles. The lowest BCUT2D eigenvalue weighted by Gasteiger charge is -2.10. The Morgan fingerprint density at radius 1 is 1.16 bits per heavy atom. The second-order valence-corrected chi connectivity index (χ2v) is 7.25. The first-order valence-corrected chi connectivity index (χ1v) is 8.98. The van der Waals surface area contributed by atoms with Crippen molar-refractivity contribution in [3.8, 4) is 11.5 Å². The van der Waals surface area contributed by atoms with Crippen LogP contribution in [0.5, 0.6) is 0 Å². The first-order valence-electron chi connectivity index (χ1n) is 7.34. The van der Waals surface area contributed by atoms with Crippen LogP contribution in [0.2, 0.25) is 10.0 Å². The largest absolute Gasteiger partial charge is 0.411 e. The van der Waals surface area contributed by atoms with Gasteiger partial charge in [0.05, 0.1) is 16.0 Å². The summed E-state index contributed by atoms with van der Waals surface area (Å²) in [5.74, 6) is 0.143. The van der Waals surface area contributed by atoms with Crippen molar-refractivity contribution in [1.29, 1.82) is 0 Å². The van der Waals surface area contributed by atoms with Crippen molar-refractivity contribution < 1.29 is 9.21 Å². The smallest absolute Gasteiger partial charge is 0.277 e. The SMILES string of the molecule is C[C@@H](Sc1nnc(-c2cccc(Cl)c2)o1)C(=O)Nc1ccccc1Cl. The highest BCUT2D eigenvalue weighted by Gasteiger charge is 2.19. The molecule has 25 heavy (non-hydrogen) atoms. The molecular formula is C17H13Cl2N3O2S. The monoisotopic (exact) mass is 393 g/mol. The number of hydrogen-bond acceptors (Lipinski definition) is 5. The second-order valence-electron chi connectivity index (χ2n) is 5.11. The Balaban J connectivity index is 1.66. The fourth-order valence-electron chi connectivity index (χ4n) is 2.00. The molecule has 8 heteroatoms. The van der Waals surface area contributed by atoms with E-state index < -0.39 is 5.25 Å². The number of carbonyl (C=O) groups excluding carboxylic acids is 1. The molecule has 0 spiro atoms. The zero-order valence-electron chi connectivity index (χ0n) is 13.1. The Morgan fingerprint density at radius 2 is 1.96 bits per heavy atom. The lowest BCUT2D eigenvalue weighted by Crippen LogP contribution is -2.22.